The quantitative estimate of drug-likeness (QED) is 0.771. The van der Waals surface area contributed by atoms with Gasteiger partial charge in [0.1, 0.15) is 5.82 Å². The lowest BCUT2D eigenvalue weighted by Crippen LogP contribution is -2.41. The number of likely N-dealkylation sites (tertiary alicyclic amines) is 1. The molecule has 154 valence electrons. The summed E-state index contributed by atoms with van der Waals surface area (Å²) in [5, 5.41) is 10.0. The van der Waals surface area contributed by atoms with Gasteiger partial charge in [0, 0.05) is 13.1 Å². The van der Waals surface area contributed by atoms with Gasteiger partial charge in [0.2, 0.25) is 0 Å². The number of rotatable bonds is 4. The van der Waals surface area contributed by atoms with Crippen molar-refractivity contribution in [2.75, 3.05) is 26.7 Å². The molecule has 1 fully saturated rings. The monoisotopic (exact) mass is 421 g/mol. The van der Waals surface area contributed by atoms with E-state index in [1.807, 2.05) is 7.05 Å². The van der Waals surface area contributed by atoms with Gasteiger partial charge in [-0.05, 0) is 50.6 Å². The lowest BCUT2D eigenvalue weighted by atomic mass is 9.96. The highest BCUT2D eigenvalue weighted by molar-refractivity contribution is 5.93. The number of carbonyl (C=O) groups excluding carboxylic acids is 1. The first kappa shape index (κ1) is 22.1. The van der Waals surface area contributed by atoms with Crippen molar-refractivity contribution in [2.24, 2.45) is 5.92 Å². The smallest absolute Gasteiger partial charge is 0.337 e. The van der Waals surface area contributed by atoms with E-state index >= 15 is 0 Å². The molecule has 1 aromatic heterocycles. The standard InChI is InChI=1S/C17H19F4N5O.ClH/c1-22-10-11-5-7-25(8-6-11)16(27)14-15(17(19,20)21)26(24-23-14)13-4-2-3-12(18)9-13;/h2-4,9,11,22H,5-8,10H2,1H3;1H. The Balaban J connectivity index is 0.00000280. The molecule has 1 saturated heterocycles. The molecule has 6 nitrogen and oxygen atoms in total. The molecule has 1 aromatic carbocycles. The molecule has 0 unspecified atom stereocenters. The van der Waals surface area contributed by atoms with E-state index in [2.05, 4.69) is 15.6 Å². The maximum Gasteiger partial charge on any atom is 0.435 e. The minimum absolute atomic E-state index is 0. The predicted molar refractivity (Wildman–Crippen MR) is 96.1 cm³/mol. The summed E-state index contributed by atoms with van der Waals surface area (Å²) >= 11 is 0. The number of piperidine rings is 1. The molecule has 1 amide bonds. The van der Waals surface area contributed by atoms with E-state index in [1.54, 1.807) is 0 Å². The number of aromatic nitrogens is 3. The fourth-order valence-corrected chi connectivity index (χ4v) is 3.25. The zero-order valence-electron chi connectivity index (χ0n) is 15.0. The second-order valence-corrected chi connectivity index (χ2v) is 6.47. The van der Waals surface area contributed by atoms with E-state index < -0.39 is 29.3 Å². The van der Waals surface area contributed by atoms with E-state index in [1.165, 1.54) is 17.0 Å². The highest BCUT2D eigenvalue weighted by Gasteiger charge is 2.43. The predicted octanol–water partition coefficient (Wildman–Crippen LogP) is 2.92. The van der Waals surface area contributed by atoms with Crippen molar-refractivity contribution >= 4 is 18.3 Å². The highest BCUT2D eigenvalue weighted by Crippen LogP contribution is 2.33. The number of alkyl halides is 3. The van der Waals surface area contributed by atoms with Crippen LogP contribution in [0.5, 0.6) is 0 Å². The van der Waals surface area contributed by atoms with E-state index in [0.29, 0.717) is 36.5 Å². The number of halogens is 5. The third kappa shape index (κ3) is 4.61. The zero-order chi connectivity index (χ0) is 19.6. The van der Waals surface area contributed by atoms with Gasteiger partial charge in [0.05, 0.1) is 5.69 Å². The van der Waals surface area contributed by atoms with Crippen LogP contribution in [0.2, 0.25) is 0 Å². The average Bonchev–Trinajstić information content (AvgIpc) is 3.07. The molecular weight excluding hydrogens is 402 g/mol. The number of benzene rings is 1. The molecule has 0 spiro atoms. The van der Waals surface area contributed by atoms with Gasteiger partial charge in [-0.3, -0.25) is 4.79 Å². The van der Waals surface area contributed by atoms with E-state index in [0.717, 1.165) is 18.7 Å². The lowest BCUT2D eigenvalue weighted by molar-refractivity contribution is -0.143. The minimum Gasteiger partial charge on any atom is -0.337 e. The van der Waals surface area contributed by atoms with E-state index in [-0.39, 0.29) is 18.1 Å². The fraction of sp³-hybridized carbons (Fsp3) is 0.471. The number of nitrogens with zero attached hydrogens (tertiary/aromatic N) is 4. The number of hydrogen-bond acceptors (Lipinski definition) is 4. The summed E-state index contributed by atoms with van der Waals surface area (Å²) < 4.78 is 54.8. The fourth-order valence-electron chi connectivity index (χ4n) is 3.25. The Morgan fingerprint density at radius 3 is 2.54 bits per heavy atom. The molecule has 0 saturated carbocycles. The summed E-state index contributed by atoms with van der Waals surface area (Å²) in [5.41, 5.74) is -2.21. The summed E-state index contributed by atoms with van der Waals surface area (Å²) in [5.74, 6) is -1.15. The Morgan fingerprint density at radius 2 is 1.96 bits per heavy atom. The van der Waals surface area contributed by atoms with Gasteiger partial charge in [-0.15, -0.1) is 17.5 Å². The molecule has 0 bridgehead atoms. The van der Waals surface area contributed by atoms with Crippen molar-refractivity contribution in [1.29, 1.82) is 0 Å². The Labute approximate surface area is 165 Å². The van der Waals surface area contributed by atoms with Gasteiger partial charge < -0.3 is 10.2 Å². The maximum absolute atomic E-state index is 13.6. The van der Waals surface area contributed by atoms with Crippen LogP contribution in [-0.2, 0) is 6.18 Å². The molecule has 1 N–H and O–H groups in total. The largest absolute Gasteiger partial charge is 0.435 e. The Morgan fingerprint density at radius 1 is 1.29 bits per heavy atom. The van der Waals surface area contributed by atoms with Gasteiger partial charge in [0.15, 0.2) is 11.4 Å². The first-order valence-corrected chi connectivity index (χ1v) is 8.54. The molecule has 1 aliphatic rings. The summed E-state index contributed by atoms with van der Waals surface area (Å²) in [7, 11) is 1.83. The maximum atomic E-state index is 13.6. The van der Waals surface area contributed by atoms with Crippen LogP contribution in [0.1, 0.15) is 29.0 Å². The van der Waals surface area contributed by atoms with Crippen LogP contribution in [0.4, 0.5) is 17.6 Å². The van der Waals surface area contributed by atoms with Crippen LogP contribution >= 0.6 is 12.4 Å². The van der Waals surface area contributed by atoms with Crippen LogP contribution in [0.15, 0.2) is 24.3 Å². The van der Waals surface area contributed by atoms with Crippen LogP contribution < -0.4 is 5.32 Å². The van der Waals surface area contributed by atoms with Crippen molar-refractivity contribution in [3.8, 4) is 5.69 Å². The summed E-state index contributed by atoms with van der Waals surface area (Å²) in [4.78, 5) is 14.0. The summed E-state index contributed by atoms with van der Waals surface area (Å²) in [6.45, 7) is 1.51. The van der Waals surface area contributed by atoms with Gasteiger partial charge in [-0.1, -0.05) is 11.3 Å². The summed E-state index contributed by atoms with van der Waals surface area (Å²) in [6.07, 6.45) is -3.47. The second-order valence-electron chi connectivity index (χ2n) is 6.47. The topological polar surface area (TPSA) is 63.1 Å². The molecular formula is C17H20ClF4N5O. The third-order valence-corrected chi connectivity index (χ3v) is 4.59. The minimum atomic E-state index is -4.87. The van der Waals surface area contributed by atoms with Crippen molar-refractivity contribution in [3.63, 3.8) is 0 Å². The molecule has 3 rings (SSSR count). The Kier molecular flexibility index (Phi) is 7.00. The number of carbonyl (C=O) groups is 1. The Bertz CT molecular complexity index is 818. The zero-order valence-corrected chi connectivity index (χ0v) is 15.9. The van der Waals surface area contributed by atoms with Crippen molar-refractivity contribution in [1.82, 2.24) is 25.2 Å². The summed E-state index contributed by atoms with van der Waals surface area (Å²) in [6, 6.07) is 4.54. The van der Waals surface area contributed by atoms with Crippen LogP contribution in [0, 0.1) is 11.7 Å². The van der Waals surface area contributed by atoms with Crippen molar-refractivity contribution in [2.45, 2.75) is 19.0 Å². The van der Waals surface area contributed by atoms with Crippen molar-refractivity contribution < 1.29 is 22.4 Å². The Hall–Kier alpha value is -2.20. The second kappa shape index (κ2) is 8.87. The third-order valence-electron chi connectivity index (χ3n) is 4.59. The number of hydrogen-bond donors (Lipinski definition) is 1. The first-order chi connectivity index (χ1) is 12.8. The first-order valence-electron chi connectivity index (χ1n) is 8.54. The molecule has 2 aromatic rings. The molecule has 0 radical (unpaired) electrons. The van der Waals surface area contributed by atoms with Crippen molar-refractivity contribution in [3.05, 3.63) is 41.5 Å². The normalized spacial score (nSPS) is 15.4. The SMILES string of the molecule is CNCC1CCN(C(=O)c2nnn(-c3cccc(F)c3)c2C(F)(F)F)CC1.Cl. The van der Waals surface area contributed by atoms with E-state index in [4.69, 9.17) is 0 Å². The average molecular weight is 422 g/mol. The number of amides is 1. The molecule has 2 heterocycles. The van der Waals surface area contributed by atoms with Gasteiger partial charge in [-0.25, -0.2) is 9.07 Å². The highest BCUT2D eigenvalue weighted by atomic mass is 35.5. The molecule has 11 heteroatoms. The van der Waals surface area contributed by atoms with Crippen LogP contribution in [0.25, 0.3) is 5.69 Å². The molecule has 0 aliphatic carbocycles. The lowest BCUT2D eigenvalue weighted by Gasteiger charge is -2.31. The van der Waals surface area contributed by atoms with Crippen LogP contribution in [0.3, 0.4) is 0 Å². The molecule has 1 aliphatic heterocycles. The number of nitrogens with one attached hydrogen (secondary N) is 1. The molecule has 0 atom stereocenters. The molecule has 28 heavy (non-hydrogen) atoms. The van der Waals surface area contributed by atoms with Gasteiger partial charge in [-0.2, -0.15) is 13.2 Å². The van der Waals surface area contributed by atoms with Gasteiger partial charge >= 0.3 is 6.18 Å². The van der Waals surface area contributed by atoms with Crippen LogP contribution in [-0.4, -0.2) is 52.5 Å². The van der Waals surface area contributed by atoms with E-state index in [9.17, 15) is 22.4 Å². The van der Waals surface area contributed by atoms with Gasteiger partial charge in [0.25, 0.3) is 5.91 Å².